The van der Waals surface area contributed by atoms with Crippen LogP contribution in [0, 0.1) is 0 Å². The van der Waals surface area contributed by atoms with E-state index in [9.17, 15) is 22.8 Å². The van der Waals surface area contributed by atoms with Crippen molar-refractivity contribution in [1.82, 2.24) is 5.32 Å². The Balaban J connectivity index is 2.53. The maximum atomic E-state index is 11.9. The maximum Gasteiger partial charge on any atom is 0.405 e. The fourth-order valence-corrected chi connectivity index (χ4v) is 1.52. The van der Waals surface area contributed by atoms with Gasteiger partial charge in [-0.15, -0.1) is 0 Å². The number of hydrogen-bond donors (Lipinski definition) is 1. The normalized spacial score (nSPS) is 11.2. The number of esters is 1. The van der Waals surface area contributed by atoms with Gasteiger partial charge in [0, 0.05) is 12.1 Å². The molecular weight excluding hydrogens is 331 g/mol. The van der Waals surface area contributed by atoms with Gasteiger partial charge < -0.3 is 19.5 Å². The Bertz CT molecular complexity index is 591. The molecule has 0 aliphatic carbocycles. The van der Waals surface area contributed by atoms with Crippen LogP contribution in [0.4, 0.5) is 13.2 Å². The smallest absolute Gasteiger partial charge is 0.405 e. The van der Waals surface area contributed by atoms with E-state index in [1.807, 2.05) is 0 Å². The van der Waals surface area contributed by atoms with Crippen LogP contribution in [0.1, 0.15) is 5.56 Å². The topological polar surface area (TPSA) is 73.9 Å². The van der Waals surface area contributed by atoms with Crippen LogP contribution in [0.5, 0.6) is 11.5 Å². The summed E-state index contributed by atoms with van der Waals surface area (Å²) in [7, 11) is 2.94. The summed E-state index contributed by atoms with van der Waals surface area (Å²) in [6, 6.07) is 4.89. The van der Waals surface area contributed by atoms with E-state index >= 15 is 0 Å². The Morgan fingerprint density at radius 2 is 1.71 bits per heavy atom. The van der Waals surface area contributed by atoms with Crippen LogP contribution < -0.4 is 14.8 Å². The van der Waals surface area contributed by atoms with Crippen LogP contribution in [0.25, 0.3) is 6.08 Å². The minimum Gasteiger partial charge on any atom is -0.497 e. The van der Waals surface area contributed by atoms with Gasteiger partial charge in [-0.05, 0) is 23.8 Å². The molecule has 0 aromatic heterocycles. The van der Waals surface area contributed by atoms with Gasteiger partial charge in [0.15, 0.2) is 6.61 Å². The first-order chi connectivity index (χ1) is 11.2. The van der Waals surface area contributed by atoms with E-state index in [1.54, 1.807) is 23.5 Å². The highest BCUT2D eigenvalue weighted by Gasteiger charge is 2.27. The summed E-state index contributed by atoms with van der Waals surface area (Å²) in [5.41, 5.74) is 0.574. The molecule has 0 fully saturated rings. The van der Waals surface area contributed by atoms with Crippen LogP contribution >= 0.6 is 0 Å². The Morgan fingerprint density at radius 3 is 2.21 bits per heavy atom. The third-order valence-corrected chi connectivity index (χ3v) is 2.62. The molecule has 24 heavy (non-hydrogen) atoms. The van der Waals surface area contributed by atoms with Crippen molar-refractivity contribution in [3.8, 4) is 11.5 Å². The van der Waals surface area contributed by atoms with E-state index in [-0.39, 0.29) is 0 Å². The van der Waals surface area contributed by atoms with E-state index in [4.69, 9.17) is 9.47 Å². The molecule has 0 radical (unpaired) electrons. The van der Waals surface area contributed by atoms with Gasteiger partial charge in [-0.25, -0.2) is 4.79 Å². The Labute approximate surface area is 136 Å². The molecule has 1 aromatic rings. The van der Waals surface area contributed by atoms with Crippen LogP contribution in [0.3, 0.4) is 0 Å². The standard InChI is InChI=1S/C15H16F3NO5/c1-22-11-5-10(6-12(7-11)23-2)3-4-14(21)24-8-13(20)19-9-15(16,17)18/h3-7H,8-9H2,1-2H3,(H,19,20)/b4-3+. The maximum absolute atomic E-state index is 11.9. The third kappa shape index (κ3) is 7.52. The second-order valence-corrected chi connectivity index (χ2v) is 4.48. The molecule has 1 aromatic carbocycles. The number of methoxy groups -OCH3 is 2. The highest BCUT2D eigenvalue weighted by atomic mass is 19.4. The third-order valence-electron chi connectivity index (χ3n) is 2.62. The van der Waals surface area contributed by atoms with Gasteiger partial charge in [0.2, 0.25) is 0 Å². The lowest BCUT2D eigenvalue weighted by atomic mass is 10.2. The van der Waals surface area contributed by atoms with Crippen molar-refractivity contribution in [3.05, 3.63) is 29.8 Å². The number of hydrogen-bond acceptors (Lipinski definition) is 5. The molecular formula is C15H16F3NO5. The number of nitrogens with one attached hydrogen (secondary N) is 1. The average molecular weight is 347 g/mol. The molecule has 1 rings (SSSR count). The SMILES string of the molecule is COc1cc(/C=C/C(=O)OCC(=O)NCC(F)(F)F)cc(OC)c1. The fraction of sp³-hybridized carbons (Fsp3) is 0.333. The first-order valence-corrected chi connectivity index (χ1v) is 6.65. The first kappa shape index (κ1) is 19.3. The van der Waals surface area contributed by atoms with Crippen molar-refractivity contribution in [2.24, 2.45) is 0 Å². The quantitative estimate of drug-likeness (QED) is 0.603. The number of halogens is 3. The molecule has 0 heterocycles. The zero-order valence-electron chi connectivity index (χ0n) is 13.0. The predicted molar refractivity (Wildman–Crippen MR) is 78.6 cm³/mol. The molecule has 9 heteroatoms. The lowest BCUT2D eigenvalue weighted by molar-refractivity contribution is -0.148. The highest BCUT2D eigenvalue weighted by Crippen LogP contribution is 2.23. The van der Waals surface area contributed by atoms with Crippen LogP contribution in [0.15, 0.2) is 24.3 Å². The van der Waals surface area contributed by atoms with E-state index < -0.39 is 31.2 Å². The van der Waals surface area contributed by atoms with Crippen molar-refractivity contribution < 1.29 is 37.0 Å². The summed E-state index contributed by atoms with van der Waals surface area (Å²) < 4.78 is 50.3. The number of ether oxygens (including phenoxy) is 3. The summed E-state index contributed by atoms with van der Waals surface area (Å²) in [5, 5.41) is 1.58. The summed E-state index contributed by atoms with van der Waals surface area (Å²) in [5.74, 6) is -0.904. The Kier molecular flexibility index (Phi) is 7.09. The van der Waals surface area contributed by atoms with Crippen molar-refractivity contribution in [1.29, 1.82) is 0 Å². The molecule has 0 atom stereocenters. The second-order valence-electron chi connectivity index (χ2n) is 4.48. The second kappa shape index (κ2) is 8.80. The molecule has 0 bridgehead atoms. The zero-order valence-corrected chi connectivity index (χ0v) is 13.0. The molecule has 0 saturated carbocycles. The number of alkyl halides is 3. The Morgan fingerprint density at radius 1 is 1.12 bits per heavy atom. The number of benzene rings is 1. The molecule has 0 spiro atoms. The zero-order chi connectivity index (χ0) is 18.2. The minimum atomic E-state index is -4.52. The summed E-state index contributed by atoms with van der Waals surface area (Å²) in [6.45, 7) is -2.29. The number of carbonyl (C=O) groups is 2. The molecule has 6 nitrogen and oxygen atoms in total. The molecule has 132 valence electrons. The van der Waals surface area contributed by atoms with Gasteiger partial charge in [0.1, 0.15) is 18.0 Å². The van der Waals surface area contributed by atoms with E-state index in [0.717, 1.165) is 6.08 Å². The highest BCUT2D eigenvalue weighted by molar-refractivity contribution is 5.89. The minimum absolute atomic E-state index is 0.508. The van der Waals surface area contributed by atoms with Gasteiger partial charge in [0.25, 0.3) is 5.91 Å². The van der Waals surface area contributed by atoms with Crippen LogP contribution in [-0.2, 0) is 14.3 Å². The molecule has 0 aliphatic rings. The monoisotopic (exact) mass is 347 g/mol. The van der Waals surface area contributed by atoms with Crippen LogP contribution in [-0.4, -0.2) is 45.4 Å². The van der Waals surface area contributed by atoms with Gasteiger partial charge in [-0.1, -0.05) is 0 Å². The van der Waals surface area contributed by atoms with E-state index in [2.05, 4.69) is 4.74 Å². The first-order valence-electron chi connectivity index (χ1n) is 6.65. The molecule has 0 aliphatic heterocycles. The molecule has 0 saturated heterocycles. The van der Waals surface area contributed by atoms with Gasteiger partial charge in [0.05, 0.1) is 14.2 Å². The molecule has 1 amide bonds. The fourth-order valence-electron chi connectivity index (χ4n) is 1.52. The number of carbonyl (C=O) groups excluding carboxylic acids is 2. The molecule has 1 N–H and O–H groups in total. The molecule has 0 unspecified atom stereocenters. The summed E-state index contributed by atoms with van der Waals surface area (Å²) in [4.78, 5) is 22.5. The van der Waals surface area contributed by atoms with Crippen molar-refractivity contribution in [2.45, 2.75) is 6.18 Å². The number of amides is 1. The lowest BCUT2D eigenvalue weighted by Gasteiger charge is -2.08. The van der Waals surface area contributed by atoms with E-state index in [0.29, 0.717) is 17.1 Å². The van der Waals surface area contributed by atoms with Gasteiger partial charge >= 0.3 is 12.1 Å². The van der Waals surface area contributed by atoms with Crippen molar-refractivity contribution >= 4 is 18.0 Å². The Hall–Kier alpha value is -2.71. The summed E-state index contributed by atoms with van der Waals surface area (Å²) >= 11 is 0. The van der Waals surface area contributed by atoms with Crippen molar-refractivity contribution in [3.63, 3.8) is 0 Å². The lowest BCUT2D eigenvalue weighted by Crippen LogP contribution is -2.36. The van der Waals surface area contributed by atoms with Gasteiger partial charge in [-0.2, -0.15) is 13.2 Å². The average Bonchev–Trinajstić information content (AvgIpc) is 2.55. The van der Waals surface area contributed by atoms with Crippen LogP contribution in [0.2, 0.25) is 0 Å². The summed E-state index contributed by atoms with van der Waals surface area (Å²) in [6.07, 6.45) is -2.10. The largest absolute Gasteiger partial charge is 0.497 e. The van der Waals surface area contributed by atoms with E-state index in [1.165, 1.54) is 20.3 Å². The predicted octanol–water partition coefficient (Wildman–Crippen LogP) is 1.94. The number of rotatable bonds is 7. The van der Waals surface area contributed by atoms with Gasteiger partial charge in [-0.3, -0.25) is 4.79 Å². The van der Waals surface area contributed by atoms with Crippen molar-refractivity contribution in [2.75, 3.05) is 27.4 Å².